The maximum Gasteiger partial charge on any atom is 0.0645 e. The van der Waals surface area contributed by atoms with E-state index in [2.05, 4.69) is 108 Å². The summed E-state index contributed by atoms with van der Waals surface area (Å²) in [7, 11) is 0. The minimum absolute atomic E-state index is 0.310. The second kappa shape index (κ2) is 12.8. The lowest BCUT2D eigenvalue weighted by Crippen LogP contribution is -2.51. The van der Waals surface area contributed by atoms with Crippen LogP contribution in [0.1, 0.15) is 139 Å². The molecule has 2 aliphatic heterocycles. The van der Waals surface area contributed by atoms with E-state index in [0.29, 0.717) is 33.2 Å². The molecule has 0 N–H and O–H groups in total. The molecule has 1 aromatic rings. The molecule has 0 bridgehead atoms. The first-order valence-corrected chi connectivity index (χ1v) is 15.6. The van der Waals surface area contributed by atoms with Crippen LogP contribution in [0.3, 0.4) is 0 Å². The van der Waals surface area contributed by atoms with E-state index in [1.165, 1.54) is 50.5 Å². The molecule has 2 heterocycles. The van der Waals surface area contributed by atoms with Crippen molar-refractivity contribution >= 4 is 0 Å². The van der Waals surface area contributed by atoms with Crippen molar-refractivity contribution in [2.75, 3.05) is 19.8 Å². The van der Waals surface area contributed by atoms with E-state index in [0.717, 1.165) is 25.7 Å². The fourth-order valence-electron chi connectivity index (χ4n) is 5.37. The zero-order chi connectivity index (χ0) is 29.0. The normalized spacial score (nSPS) is 22.2. The summed E-state index contributed by atoms with van der Waals surface area (Å²) in [6.45, 7) is 32.6. The number of rotatable bonds is 1. The lowest BCUT2D eigenvalue weighted by atomic mass is 9.64. The third kappa shape index (κ3) is 9.09. The van der Waals surface area contributed by atoms with E-state index in [9.17, 15) is 0 Å². The van der Waals surface area contributed by atoms with Gasteiger partial charge >= 0.3 is 0 Å². The third-order valence-corrected chi connectivity index (χ3v) is 9.76. The SMILES string of the molecule is CC(C)(C)C1CCC1.CC(C)(C)C1CCO1.CC(C)(C)c1ccc2c(c1)CC2.CCC1(C(C)(C)C)COC1. The summed E-state index contributed by atoms with van der Waals surface area (Å²) in [5.74, 6) is 1.03. The molecule has 2 saturated heterocycles. The number of ether oxygens (including phenoxy) is 2. The van der Waals surface area contributed by atoms with Crippen molar-refractivity contribution in [3.05, 3.63) is 34.9 Å². The van der Waals surface area contributed by atoms with Crippen molar-refractivity contribution in [3.8, 4) is 0 Å². The van der Waals surface area contributed by atoms with Crippen LogP contribution in [0.15, 0.2) is 18.2 Å². The molecule has 3 fully saturated rings. The van der Waals surface area contributed by atoms with Crippen molar-refractivity contribution in [2.45, 2.75) is 146 Å². The Morgan fingerprint density at radius 2 is 1.32 bits per heavy atom. The van der Waals surface area contributed by atoms with Gasteiger partial charge in [0.2, 0.25) is 0 Å². The molecule has 4 aliphatic rings. The van der Waals surface area contributed by atoms with Gasteiger partial charge in [0.1, 0.15) is 0 Å². The van der Waals surface area contributed by atoms with Crippen LogP contribution in [-0.4, -0.2) is 25.9 Å². The highest BCUT2D eigenvalue weighted by Crippen LogP contribution is 2.47. The molecule has 2 nitrogen and oxygen atoms in total. The highest BCUT2D eigenvalue weighted by Gasteiger charge is 2.46. The zero-order valence-corrected chi connectivity index (χ0v) is 27.8. The Kier molecular flexibility index (Phi) is 11.2. The second-order valence-electron chi connectivity index (χ2n) is 16.6. The molecule has 38 heavy (non-hydrogen) atoms. The maximum absolute atomic E-state index is 5.30. The largest absolute Gasteiger partial charge is 0.380 e. The molecule has 220 valence electrons. The van der Waals surface area contributed by atoms with Gasteiger partial charge in [-0.25, -0.2) is 0 Å². The minimum atomic E-state index is 0.310. The predicted octanol–water partition coefficient (Wildman–Crippen LogP) is 10.2. The summed E-state index contributed by atoms with van der Waals surface area (Å²) in [5.41, 5.74) is 6.78. The van der Waals surface area contributed by atoms with Gasteiger partial charge in [-0.1, -0.05) is 115 Å². The van der Waals surface area contributed by atoms with Crippen molar-refractivity contribution in [1.82, 2.24) is 0 Å². The Balaban J connectivity index is 0.000000181. The monoisotopic (exact) mass is 528 g/mol. The van der Waals surface area contributed by atoms with Crippen molar-refractivity contribution < 1.29 is 9.47 Å². The van der Waals surface area contributed by atoms with Gasteiger partial charge in [-0.05, 0) is 82.8 Å². The lowest BCUT2D eigenvalue weighted by molar-refractivity contribution is -0.171. The van der Waals surface area contributed by atoms with E-state index < -0.39 is 0 Å². The van der Waals surface area contributed by atoms with Crippen LogP contribution < -0.4 is 0 Å². The van der Waals surface area contributed by atoms with Crippen LogP contribution in [0.25, 0.3) is 0 Å². The van der Waals surface area contributed by atoms with E-state index in [-0.39, 0.29) is 0 Å². The van der Waals surface area contributed by atoms with Gasteiger partial charge in [0.05, 0.1) is 19.3 Å². The molecule has 1 aromatic carbocycles. The van der Waals surface area contributed by atoms with Crippen LogP contribution in [0, 0.1) is 27.6 Å². The molecular weight excluding hydrogens is 464 g/mol. The quantitative estimate of drug-likeness (QED) is 0.361. The third-order valence-electron chi connectivity index (χ3n) is 9.76. The van der Waals surface area contributed by atoms with Crippen LogP contribution in [-0.2, 0) is 27.7 Å². The van der Waals surface area contributed by atoms with Crippen LogP contribution in [0.2, 0.25) is 0 Å². The highest BCUT2D eigenvalue weighted by atomic mass is 16.5. The van der Waals surface area contributed by atoms with Crippen molar-refractivity contribution in [3.63, 3.8) is 0 Å². The number of hydrogen-bond acceptors (Lipinski definition) is 2. The molecule has 0 spiro atoms. The molecule has 1 unspecified atom stereocenters. The Hall–Kier alpha value is -0.860. The van der Waals surface area contributed by atoms with Crippen molar-refractivity contribution in [1.29, 1.82) is 0 Å². The average Bonchev–Trinajstić information content (AvgIpc) is 2.55. The van der Waals surface area contributed by atoms with E-state index in [1.807, 2.05) is 0 Å². The van der Waals surface area contributed by atoms with Gasteiger partial charge < -0.3 is 9.47 Å². The molecular formula is C36H64O2. The van der Waals surface area contributed by atoms with Crippen molar-refractivity contribution in [2.24, 2.45) is 27.6 Å². The van der Waals surface area contributed by atoms with Gasteiger partial charge in [-0.3, -0.25) is 0 Å². The molecule has 1 saturated carbocycles. The van der Waals surface area contributed by atoms with E-state index in [4.69, 9.17) is 9.47 Å². The van der Waals surface area contributed by atoms with Gasteiger partial charge in [-0.15, -0.1) is 0 Å². The fraction of sp³-hybridized carbons (Fsp3) is 0.833. The smallest absolute Gasteiger partial charge is 0.0645 e. The first-order chi connectivity index (χ1) is 17.3. The molecule has 0 radical (unpaired) electrons. The first-order valence-electron chi connectivity index (χ1n) is 15.6. The highest BCUT2D eigenvalue weighted by molar-refractivity contribution is 5.40. The minimum Gasteiger partial charge on any atom is -0.380 e. The Bertz CT molecular complexity index is 812. The van der Waals surface area contributed by atoms with Gasteiger partial charge in [-0.2, -0.15) is 0 Å². The van der Waals surface area contributed by atoms with Crippen LogP contribution in [0.4, 0.5) is 0 Å². The van der Waals surface area contributed by atoms with Gasteiger partial charge in [0, 0.05) is 12.0 Å². The number of aryl methyl sites for hydroxylation is 2. The van der Waals surface area contributed by atoms with Crippen LogP contribution >= 0.6 is 0 Å². The van der Waals surface area contributed by atoms with Gasteiger partial charge in [0.15, 0.2) is 0 Å². The Morgan fingerprint density at radius 3 is 1.45 bits per heavy atom. The predicted molar refractivity (Wildman–Crippen MR) is 166 cm³/mol. The van der Waals surface area contributed by atoms with E-state index >= 15 is 0 Å². The second-order valence-corrected chi connectivity index (χ2v) is 16.6. The summed E-state index contributed by atoms with van der Waals surface area (Å²) in [5, 5.41) is 0. The Morgan fingerprint density at radius 1 is 0.763 bits per heavy atom. The first kappa shape index (κ1) is 33.3. The molecule has 0 aromatic heterocycles. The lowest BCUT2D eigenvalue weighted by Gasteiger charge is -2.50. The molecule has 1 atom stereocenters. The number of benzene rings is 1. The molecule has 0 amide bonds. The number of hydrogen-bond donors (Lipinski definition) is 0. The Labute approximate surface area is 238 Å². The molecule has 2 heteroatoms. The van der Waals surface area contributed by atoms with E-state index in [1.54, 1.807) is 11.1 Å². The summed E-state index contributed by atoms with van der Waals surface area (Å²) in [6, 6.07) is 6.94. The summed E-state index contributed by atoms with van der Waals surface area (Å²) < 4.78 is 10.6. The standard InChI is InChI=1S/C12H16.C9H18O.C8H16.C7H14O/c1-12(2,3)11-7-6-9-4-5-10(9)8-11;1-5-9(6-10-7-9)8(2,3)4;1-8(2,3)7-5-4-6-7;1-7(2,3)6-4-5-8-6/h6-8H,4-5H2,1-3H3;5-7H2,1-4H3;7H,4-6H2,1-3H3;6H,4-5H2,1-3H3. The molecule has 2 aliphatic carbocycles. The number of fused-ring (bicyclic) bond motifs is 1. The van der Waals surface area contributed by atoms with Crippen LogP contribution in [0.5, 0.6) is 0 Å². The molecule has 5 rings (SSSR count). The summed E-state index contributed by atoms with van der Waals surface area (Å²) in [6.07, 6.45) is 10.0. The topological polar surface area (TPSA) is 18.5 Å². The van der Waals surface area contributed by atoms with Gasteiger partial charge in [0.25, 0.3) is 0 Å². The summed E-state index contributed by atoms with van der Waals surface area (Å²) in [4.78, 5) is 0. The maximum atomic E-state index is 5.30. The average molecular weight is 529 g/mol. The summed E-state index contributed by atoms with van der Waals surface area (Å²) >= 11 is 0. The fourth-order valence-corrected chi connectivity index (χ4v) is 5.37. The zero-order valence-electron chi connectivity index (χ0n) is 27.8.